The van der Waals surface area contributed by atoms with Gasteiger partial charge in [-0.05, 0) is 5.56 Å². The number of primary amides is 2. The molecule has 3 rings (SSSR count). The molecule has 2 aliphatic rings. The van der Waals surface area contributed by atoms with Crippen molar-refractivity contribution >= 4 is 23.6 Å². The Morgan fingerprint density at radius 3 is 2.05 bits per heavy atom. The first-order valence-electron chi connectivity index (χ1n) is 5.95. The molecule has 1 saturated carbocycles. The highest BCUT2D eigenvalue weighted by molar-refractivity contribution is 6.33. The number of aliphatic imine (C=N–C) groups is 1. The van der Waals surface area contributed by atoms with E-state index in [1.165, 1.54) is 0 Å². The molecule has 1 fully saturated rings. The van der Waals surface area contributed by atoms with Crippen molar-refractivity contribution in [2.45, 2.75) is 5.92 Å². The largest absolute Gasteiger partial charge is 0.386 e. The average molecular weight is 272 g/mol. The van der Waals surface area contributed by atoms with Crippen molar-refractivity contribution in [1.82, 2.24) is 0 Å². The van der Waals surface area contributed by atoms with E-state index < -0.39 is 34.5 Å². The lowest BCUT2D eigenvalue weighted by Crippen LogP contribution is -2.43. The topological polar surface area (TPSA) is 142 Å². The number of hydrogen-bond acceptors (Lipinski definition) is 4. The highest BCUT2D eigenvalue weighted by Crippen LogP contribution is 2.77. The molecule has 3 atom stereocenters. The third-order valence-corrected chi connectivity index (χ3v) is 4.28. The molecule has 0 radical (unpaired) electrons. The summed E-state index contributed by atoms with van der Waals surface area (Å²) in [6.45, 7) is 0. The van der Waals surface area contributed by atoms with E-state index in [-0.39, 0.29) is 5.84 Å². The summed E-state index contributed by atoms with van der Waals surface area (Å²) in [5.41, 5.74) is 13.7. The summed E-state index contributed by atoms with van der Waals surface area (Å²) in [5, 5.41) is 0. The molecule has 1 aliphatic heterocycles. The van der Waals surface area contributed by atoms with Gasteiger partial charge in [-0.2, -0.15) is 4.99 Å². The van der Waals surface area contributed by atoms with Crippen LogP contribution in [0, 0.1) is 10.8 Å². The molecule has 7 nitrogen and oxygen atoms in total. The summed E-state index contributed by atoms with van der Waals surface area (Å²) in [6.07, 6.45) is 0. The Kier molecular flexibility index (Phi) is 2.12. The second-order valence-corrected chi connectivity index (χ2v) is 4.99. The van der Waals surface area contributed by atoms with Gasteiger partial charge < -0.3 is 17.2 Å². The third-order valence-electron chi connectivity index (χ3n) is 4.28. The summed E-state index contributed by atoms with van der Waals surface area (Å²) >= 11 is 0. The van der Waals surface area contributed by atoms with Gasteiger partial charge >= 0.3 is 0 Å². The van der Waals surface area contributed by atoms with Crippen molar-refractivity contribution in [2.24, 2.45) is 33.0 Å². The Hall–Kier alpha value is -2.70. The fourth-order valence-corrected chi connectivity index (χ4v) is 3.45. The monoisotopic (exact) mass is 272 g/mol. The maximum atomic E-state index is 12.1. The van der Waals surface area contributed by atoms with Gasteiger partial charge in [0.2, 0.25) is 11.8 Å². The van der Waals surface area contributed by atoms with Gasteiger partial charge in [0.05, 0.1) is 0 Å². The highest BCUT2D eigenvalue weighted by atomic mass is 16.2. The molecule has 0 unspecified atom stereocenters. The minimum atomic E-state index is -1.77. The molecule has 1 aliphatic carbocycles. The van der Waals surface area contributed by atoms with E-state index in [1.54, 1.807) is 30.3 Å². The predicted molar refractivity (Wildman–Crippen MR) is 69.1 cm³/mol. The second-order valence-electron chi connectivity index (χ2n) is 4.99. The first kappa shape index (κ1) is 12.3. The molecule has 1 aromatic carbocycles. The van der Waals surface area contributed by atoms with E-state index in [0.717, 1.165) is 0 Å². The van der Waals surface area contributed by atoms with Crippen molar-refractivity contribution in [2.75, 3.05) is 0 Å². The van der Waals surface area contributed by atoms with E-state index in [1.807, 2.05) is 0 Å². The molecule has 1 heterocycles. The summed E-state index contributed by atoms with van der Waals surface area (Å²) < 4.78 is 0. The van der Waals surface area contributed by atoms with Gasteiger partial charge in [-0.25, -0.2) is 0 Å². The van der Waals surface area contributed by atoms with E-state index in [0.29, 0.717) is 5.56 Å². The number of carbonyl (C=O) groups excluding carboxylic acids is 3. The Labute approximate surface area is 113 Å². The predicted octanol–water partition coefficient (Wildman–Crippen LogP) is -1.38. The van der Waals surface area contributed by atoms with Gasteiger partial charge in [-0.3, -0.25) is 14.4 Å². The Bertz CT molecular complexity index is 684. The smallest absolute Gasteiger partial charge is 0.265 e. The second kappa shape index (κ2) is 3.44. The van der Waals surface area contributed by atoms with Crippen LogP contribution in [0.3, 0.4) is 0 Å². The number of benzene rings is 1. The van der Waals surface area contributed by atoms with Gasteiger partial charge in [0, 0.05) is 5.92 Å². The maximum Gasteiger partial charge on any atom is 0.265 e. The summed E-state index contributed by atoms with van der Waals surface area (Å²) in [5.74, 6) is -3.61. The van der Waals surface area contributed by atoms with Crippen molar-refractivity contribution in [3.8, 4) is 0 Å². The molecule has 0 bridgehead atoms. The number of nitrogens with zero attached hydrogens (tertiary/aromatic N) is 1. The van der Waals surface area contributed by atoms with Crippen LogP contribution in [-0.4, -0.2) is 23.6 Å². The van der Waals surface area contributed by atoms with Gasteiger partial charge in [0.15, 0.2) is 5.41 Å². The Balaban J connectivity index is 2.27. The number of fused-ring (bicyclic) bond motifs is 1. The standard InChI is InChI=1S/C13H12N4O3/c14-8-12(9(15)18)7(6-4-2-1-3-5-6)13(12,10(16)19)11(20)17-8/h1-5,7H,(H2,15,18)(H2,16,19)(H2,14,17,20)/t7-,12+,13-/m1/s1. The number of amides is 3. The minimum absolute atomic E-state index is 0.234. The summed E-state index contributed by atoms with van der Waals surface area (Å²) in [7, 11) is 0. The molecule has 3 amide bonds. The van der Waals surface area contributed by atoms with E-state index >= 15 is 0 Å². The molecule has 7 heteroatoms. The van der Waals surface area contributed by atoms with Gasteiger partial charge in [0.25, 0.3) is 5.91 Å². The lowest BCUT2D eigenvalue weighted by Gasteiger charge is -2.10. The van der Waals surface area contributed by atoms with Crippen LogP contribution >= 0.6 is 0 Å². The number of amidine groups is 1. The minimum Gasteiger partial charge on any atom is -0.386 e. The van der Waals surface area contributed by atoms with E-state index in [2.05, 4.69) is 4.99 Å². The first-order chi connectivity index (χ1) is 9.41. The van der Waals surface area contributed by atoms with Crippen molar-refractivity contribution in [1.29, 1.82) is 0 Å². The van der Waals surface area contributed by atoms with Crippen LogP contribution < -0.4 is 17.2 Å². The fourth-order valence-electron chi connectivity index (χ4n) is 3.45. The average Bonchev–Trinajstić information content (AvgIpc) is 2.99. The van der Waals surface area contributed by atoms with Crippen LogP contribution in [0.1, 0.15) is 11.5 Å². The van der Waals surface area contributed by atoms with Crippen LogP contribution in [0.4, 0.5) is 0 Å². The number of hydrogen-bond donors (Lipinski definition) is 3. The zero-order valence-electron chi connectivity index (χ0n) is 10.4. The molecule has 0 spiro atoms. The van der Waals surface area contributed by atoms with Gasteiger partial charge in [-0.1, -0.05) is 30.3 Å². The normalized spacial score (nSPS) is 34.3. The zero-order chi connectivity index (χ0) is 14.7. The molecule has 1 aromatic rings. The number of carbonyl (C=O) groups is 3. The first-order valence-corrected chi connectivity index (χ1v) is 5.95. The Morgan fingerprint density at radius 1 is 1.05 bits per heavy atom. The fraction of sp³-hybridized carbons (Fsp3) is 0.231. The molecule has 6 N–H and O–H groups in total. The Morgan fingerprint density at radius 2 is 1.60 bits per heavy atom. The van der Waals surface area contributed by atoms with Crippen molar-refractivity contribution in [3.05, 3.63) is 35.9 Å². The SMILES string of the molecule is NC(=O)[C@]12C(=O)N=C(N)[C@]1(C(N)=O)[C@H]2c1ccccc1. The van der Waals surface area contributed by atoms with Crippen LogP contribution in [0.5, 0.6) is 0 Å². The molecule has 0 saturated heterocycles. The van der Waals surface area contributed by atoms with Crippen LogP contribution in [0.15, 0.2) is 35.3 Å². The zero-order valence-corrected chi connectivity index (χ0v) is 10.4. The van der Waals surface area contributed by atoms with E-state index in [9.17, 15) is 14.4 Å². The third kappa shape index (κ3) is 0.987. The van der Waals surface area contributed by atoms with Crippen molar-refractivity contribution in [3.63, 3.8) is 0 Å². The van der Waals surface area contributed by atoms with Gasteiger partial charge in [0.1, 0.15) is 11.3 Å². The number of nitrogens with two attached hydrogens (primary N) is 3. The van der Waals surface area contributed by atoms with Crippen LogP contribution in [-0.2, 0) is 14.4 Å². The van der Waals surface area contributed by atoms with Crippen LogP contribution in [0.2, 0.25) is 0 Å². The molecular formula is C13H12N4O3. The molecule has 102 valence electrons. The summed E-state index contributed by atoms with van der Waals surface area (Å²) in [6, 6.07) is 8.61. The van der Waals surface area contributed by atoms with Crippen LogP contribution in [0.25, 0.3) is 0 Å². The van der Waals surface area contributed by atoms with Gasteiger partial charge in [-0.15, -0.1) is 0 Å². The molecule has 0 aromatic heterocycles. The lowest BCUT2D eigenvalue weighted by molar-refractivity contribution is -0.136. The maximum absolute atomic E-state index is 12.1. The van der Waals surface area contributed by atoms with E-state index in [4.69, 9.17) is 17.2 Å². The summed E-state index contributed by atoms with van der Waals surface area (Å²) in [4.78, 5) is 39.4. The highest BCUT2D eigenvalue weighted by Gasteiger charge is 2.91. The lowest BCUT2D eigenvalue weighted by atomic mass is 9.92. The number of rotatable bonds is 3. The molecular weight excluding hydrogens is 260 g/mol. The molecule has 20 heavy (non-hydrogen) atoms. The van der Waals surface area contributed by atoms with Crippen molar-refractivity contribution < 1.29 is 14.4 Å². The quantitative estimate of drug-likeness (QED) is 0.583.